The van der Waals surface area contributed by atoms with Crippen LogP contribution in [-0.2, 0) is 9.53 Å². The first-order chi connectivity index (χ1) is 7.89. The zero-order valence-corrected chi connectivity index (χ0v) is 11.0. The second kappa shape index (κ2) is 4.58. The van der Waals surface area contributed by atoms with Gasteiger partial charge in [0.2, 0.25) is 5.91 Å². The summed E-state index contributed by atoms with van der Waals surface area (Å²) >= 11 is 0. The summed E-state index contributed by atoms with van der Waals surface area (Å²) in [5, 5.41) is 3.07. The third-order valence-corrected chi connectivity index (χ3v) is 3.77. The van der Waals surface area contributed by atoms with E-state index < -0.39 is 6.04 Å². The maximum absolute atomic E-state index is 12.0. The Bertz CT molecular complexity index is 294. The molecule has 0 spiro atoms. The molecule has 1 aliphatic carbocycles. The number of hydrogen-bond donors (Lipinski definition) is 2. The Hall–Kier alpha value is -0.610. The van der Waals surface area contributed by atoms with Crippen LogP contribution in [0.2, 0.25) is 0 Å². The standard InChI is InChI=1S/C13H24N2O2/c1-13(2,3)11(14)12(16)15-9-6-7-17-10(9)8-4-5-8/h8-11H,4-7,14H2,1-3H3,(H,15,16). The fourth-order valence-corrected chi connectivity index (χ4v) is 2.32. The van der Waals surface area contributed by atoms with Gasteiger partial charge in [-0.05, 0) is 30.6 Å². The van der Waals surface area contributed by atoms with Crippen molar-refractivity contribution in [1.29, 1.82) is 0 Å². The Balaban J connectivity index is 1.89. The van der Waals surface area contributed by atoms with Gasteiger partial charge in [0.05, 0.1) is 18.2 Å². The summed E-state index contributed by atoms with van der Waals surface area (Å²) in [7, 11) is 0. The SMILES string of the molecule is CC(C)(C)C(N)C(=O)NC1CCOC1C1CC1. The molecule has 0 radical (unpaired) electrons. The average Bonchev–Trinajstić information content (AvgIpc) is 2.98. The van der Waals surface area contributed by atoms with Crippen LogP contribution in [0.5, 0.6) is 0 Å². The first-order valence-electron chi connectivity index (χ1n) is 6.57. The molecule has 1 heterocycles. The fraction of sp³-hybridized carbons (Fsp3) is 0.923. The molecule has 4 nitrogen and oxygen atoms in total. The molecule has 0 aromatic heterocycles. The van der Waals surface area contributed by atoms with Crippen LogP contribution in [0.1, 0.15) is 40.0 Å². The van der Waals surface area contributed by atoms with Crippen LogP contribution in [0.15, 0.2) is 0 Å². The average molecular weight is 240 g/mol. The van der Waals surface area contributed by atoms with Gasteiger partial charge < -0.3 is 15.8 Å². The molecule has 0 aromatic carbocycles. The van der Waals surface area contributed by atoms with Crippen molar-refractivity contribution in [3.8, 4) is 0 Å². The molecule has 1 amide bonds. The van der Waals surface area contributed by atoms with Gasteiger partial charge in [0, 0.05) is 6.61 Å². The molecule has 1 aliphatic heterocycles. The van der Waals surface area contributed by atoms with Crippen LogP contribution in [0, 0.1) is 11.3 Å². The summed E-state index contributed by atoms with van der Waals surface area (Å²) in [5.74, 6) is 0.618. The van der Waals surface area contributed by atoms with Gasteiger partial charge in [0.1, 0.15) is 0 Å². The third kappa shape index (κ3) is 2.99. The van der Waals surface area contributed by atoms with E-state index in [4.69, 9.17) is 10.5 Å². The van der Waals surface area contributed by atoms with Gasteiger partial charge in [-0.25, -0.2) is 0 Å². The lowest BCUT2D eigenvalue weighted by Crippen LogP contribution is -2.53. The normalized spacial score (nSPS) is 31.3. The minimum Gasteiger partial charge on any atom is -0.376 e. The Morgan fingerprint density at radius 3 is 2.53 bits per heavy atom. The molecule has 4 heteroatoms. The molecule has 2 rings (SSSR count). The van der Waals surface area contributed by atoms with Crippen molar-refractivity contribution in [2.75, 3.05) is 6.61 Å². The molecule has 98 valence electrons. The molecule has 2 fully saturated rings. The van der Waals surface area contributed by atoms with Crippen LogP contribution in [0.4, 0.5) is 0 Å². The molecular formula is C13H24N2O2. The van der Waals surface area contributed by atoms with Crippen LogP contribution in [-0.4, -0.2) is 30.7 Å². The van der Waals surface area contributed by atoms with Gasteiger partial charge in [-0.2, -0.15) is 0 Å². The lowest BCUT2D eigenvalue weighted by Gasteiger charge is -2.28. The van der Waals surface area contributed by atoms with Gasteiger partial charge in [0.15, 0.2) is 0 Å². The molecule has 3 unspecified atom stereocenters. The number of amides is 1. The lowest BCUT2D eigenvalue weighted by molar-refractivity contribution is -0.125. The number of nitrogens with two attached hydrogens (primary N) is 1. The summed E-state index contributed by atoms with van der Waals surface area (Å²) in [5.41, 5.74) is 5.76. The number of carbonyl (C=O) groups excluding carboxylic acids is 1. The third-order valence-electron chi connectivity index (χ3n) is 3.77. The van der Waals surface area contributed by atoms with E-state index >= 15 is 0 Å². The van der Waals surface area contributed by atoms with E-state index in [1.54, 1.807) is 0 Å². The largest absolute Gasteiger partial charge is 0.376 e. The van der Waals surface area contributed by atoms with E-state index in [0.29, 0.717) is 5.92 Å². The van der Waals surface area contributed by atoms with E-state index in [-0.39, 0.29) is 23.5 Å². The van der Waals surface area contributed by atoms with Crippen molar-refractivity contribution in [3.05, 3.63) is 0 Å². The molecule has 17 heavy (non-hydrogen) atoms. The summed E-state index contributed by atoms with van der Waals surface area (Å²) in [6.45, 7) is 6.72. The van der Waals surface area contributed by atoms with E-state index in [1.165, 1.54) is 12.8 Å². The fourth-order valence-electron chi connectivity index (χ4n) is 2.32. The highest BCUT2D eigenvalue weighted by Crippen LogP contribution is 2.38. The second-order valence-electron chi connectivity index (χ2n) is 6.42. The van der Waals surface area contributed by atoms with Gasteiger partial charge in [-0.1, -0.05) is 20.8 Å². The molecule has 1 saturated carbocycles. The topological polar surface area (TPSA) is 64.4 Å². The number of nitrogens with one attached hydrogen (secondary N) is 1. The maximum atomic E-state index is 12.0. The predicted molar refractivity (Wildman–Crippen MR) is 66.4 cm³/mol. The molecule has 3 atom stereocenters. The van der Waals surface area contributed by atoms with Crippen LogP contribution >= 0.6 is 0 Å². The number of rotatable bonds is 3. The van der Waals surface area contributed by atoms with Crippen molar-refractivity contribution >= 4 is 5.91 Å². The van der Waals surface area contributed by atoms with Gasteiger partial charge in [-0.15, -0.1) is 0 Å². The Morgan fingerprint density at radius 1 is 1.35 bits per heavy atom. The maximum Gasteiger partial charge on any atom is 0.237 e. The van der Waals surface area contributed by atoms with Gasteiger partial charge in [-0.3, -0.25) is 4.79 Å². The second-order valence-corrected chi connectivity index (χ2v) is 6.42. The highest BCUT2D eigenvalue weighted by atomic mass is 16.5. The minimum atomic E-state index is -0.456. The molecule has 3 N–H and O–H groups in total. The first-order valence-corrected chi connectivity index (χ1v) is 6.57. The van der Waals surface area contributed by atoms with E-state index in [2.05, 4.69) is 5.32 Å². The smallest absolute Gasteiger partial charge is 0.237 e. The number of hydrogen-bond acceptors (Lipinski definition) is 3. The monoisotopic (exact) mass is 240 g/mol. The van der Waals surface area contributed by atoms with Crippen LogP contribution in [0.25, 0.3) is 0 Å². The summed E-state index contributed by atoms with van der Waals surface area (Å²) in [6.07, 6.45) is 3.63. The molecule has 2 aliphatic rings. The number of carbonyl (C=O) groups is 1. The minimum absolute atomic E-state index is 0.0429. The van der Waals surface area contributed by atoms with Gasteiger partial charge >= 0.3 is 0 Å². The van der Waals surface area contributed by atoms with Gasteiger partial charge in [0.25, 0.3) is 0 Å². The zero-order valence-electron chi connectivity index (χ0n) is 11.0. The Morgan fingerprint density at radius 2 is 2.00 bits per heavy atom. The first kappa shape index (κ1) is 12.8. The van der Waals surface area contributed by atoms with Crippen molar-refractivity contribution in [1.82, 2.24) is 5.32 Å². The highest BCUT2D eigenvalue weighted by molar-refractivity contribution is 5.82. The van der Waals surface area contributed by atoms with Crippen molar-refractivity contribution in [2.45, 2.75) is 58.2 Å². The quantitative estimate of drug-likeness (QED) is 0.775. The van der Waals surface area contributed by atoms with Crippen molar-refractivity contribution in [3.63, 3.8) is 0 Å². The molecule has 1 saturated heterocycles. The predicted octanol–water partition coefficient (Wildman–Crippen LogP) is 1.04. The summed E-state index contributed by atoms with van der Waals surface area (Å²) in [6, 6.07) is -0.286. The van der Waals surface area contributed by atoms with Crippen LogP contribution < -0.4 is 11.1 Å². The zero-order chi connectivity index (χ0) is 12.6. The summed E-state index contributed by atoms with van der Waals surface area (Å²) < 4.78 is 5.70. The van der Waals surface area contributed by atoms with E-state index in [0.717, 1.165) is 13.0 Å². The van der Waals surface area contributed by atoms with E-state index in [9.17, 15) is 4.79 Å². The van der Waals surface area contributed by atoms with Crippen LogP contribution in [0.3, 0.4) is 0 Å². The summed E-state index contributed by atoms with van der Waals surface area (Å²) in [4.78, 5) is 12.0. The molecule has 0 bridgehead atoms. The molecular weight excluding hydrogens is 216 g/mol. The van der Waals surface area contributed by atoms with Crippen molar-refractivity contribution in [2.24, 2.45) is 17.1 Å². The van der Waals surface area contributed by atoms with Crippen molar-refractivity contribution < 1.29 is 9.53 Å². The molecule has 0 aromatic rings. The highest BCUT2D eigenvalue weighted by Gasteiger charge is 2.42. The number of ether oxygens (including phenoxy) is 1. The Labute approximate surface area is 103 Å². The van der Waals surface area contributed by atoms with E-state index in [1.807, 2.05) is 20.8 Å². The lowest BCUT2D eigenvalue weighted by atomic mass is 9.86. The Kier molecular flexibility index (Phi) is 3.46.